The molecule has 0 bridgehead atoms. The van der Waals surface area contributed by atoms with Gasteiger partial charge in [-0.15, -0.1) is 10.2 Å². The number of halogens is 1. The molecule has 152 valence electrons. The molecule has 0 aliphatic rings. The minimum atomic E-state index is 0.0309. The zero-order chi connectivity index (χ0) is 20.5. The highest BCUT2D eigenvalue weighted by molar-refractivity contribution is 9.10. The molecule has 1 heterocycles. The maximum Gasteiger partial charge on any atom is 0.232 e. The average Bonchev–Trinajstić information content (AvgIpc) is 3.20. The molecule has 29 heavy (non-hydrogen) atoms. The van der Waals surface area contributed by atoms with Crippen LogP contribution >= 0.6 is 39.0 Å². The summed E-state index contributed by atoms with van der Waals surface area (Å²) < 4.78 is 7.44. The number of carbonyl (C=O) groups excluding carboxylic acids is 1. The number of nitrogens with one attached hydrogen (secondary N) is 1. The van der Waals surface area contributed by atoms with Crippen molar-refractivity contribution in [3.8, 4) is 5.75 Å². The first-order chi connectivity index (χ1) is 14.1. The number of anilines is 1. The van der Waals surface area contributed by atoms with E-state index in [1.165, 1.54) is 28.7 Å². The number of thioether (sulfide) groups is 1. The second-order valence-electron chi connectivity index (χ2n) is 6.12. The Labute approximate surface area is 186 Å². The van der Waals surface area contributed by atoms with Crippen LogP contribution in [0, 0.1) is 0 Å². The topological polar surface area (TPSA) is 67.3 Å². The van der Waals surface area contributed by atoms with Gasteiger partial charge < -0.3 is 15.0 Å². The lowest BCUT2D eigenvalue weighted by atomic mass is 10.2. The van der Waals surface area contributed by atoms with E-state index in [0.29, 0.717) is 25.4 Å². The van der Waals surface area contributed by atoms with Gasteiger partial charge in [0.2, 0.25) is 11.0 Å². The molecule has 6 nitrogen and oxygen atoms in total. The van der Waals surface area contributed by atoms with Crippen LogP contribution in [-0.4, -0.2) is 47.0 Å². The molecule has 0 spiro atoms. The van der Waals surface area contributed by atoms with Crippen LogP contribution in [0.5, 0.6) is 5.75 Å². The van der Waals surface area contributed by atoms with Crippen molar-refractivity contribution in [2.24, 2.45) is 0 Å². The first kappa shape index (κ1) is 21.6. The van der Waals surface area contributed by atoms with E-state index in [2.05, 4.69) is 43.6 Å². The van der Waals surface area contributed by atoms with Crippen molar-refractivity contribution in [2.75, 3.05) is 31.3 Å². The second kappa shape index (κ2) is 11.2. The number of benzene rings is 2. The van der Waals surface area contributed by atoms with E-state index in [0.717, 1.165) is 19.7 Å². The van der Waals surface area contributed by atoms with Gasteiger partial charge in [-0.25, -0.2) is 0 Å². The molecule has 2 aromatic carbocycles. The van der Waals surface area contributed by atoms with Crippen LogP contribution in [0.4, 0.5) is 5.13 Å². The fourth-order valence-corrected chi connectivity index (χ4v) is 4.26. The van der Waals surface area contributed by atoms with Gasteiger partial charge in [0.25, 0.3) is 0 Å². The summed E-state index contributed by atoms with van der Waals surface area (Å²) in [6.07, 6.45) is 0. The van der Waals surface area contributed by atoms with Gasteiger partial charge in [0.1, 0.15) is 12.4 Å². The van der Waals surface area contributed by atoms with Gasteiger partial charge >= 0.3 is 0 Å². The number of nitrogens with zero attached hydrogens (tertiary/aromatic N) is 3. The van der Waals surface area contributed by atoms with Crippen LogP contribution in [0.15, 0.2) is 63.4 Å². The third kappa shape index (κ3) is 7.34. The predicted octanol–water partition coefficient (Wildman–Crippen LogP) is 4.54. The van der Waals surface area contributed by atoms with E-state index >= 15 is 0 Å². The first-order valence-electron chi connectivity index (χ1n) is 8.96. The van der Waals surface area contributed by atoms with E-state index in [4.69, 9.17) is 4.74 Å². The Morgan fingerprint density at radius 1 is 1.17 bits per heavy atom. The Hall–Kier alpha value is -2.10. The fourth-order valence-electron chi connectivity index (χ4n) is 2.30. The molecule has 0 saturated carbocycles. The molecule has 0 radical (unpaired) electrons. The molecule has 1 amide bonds. The SMILES string of the molecule is CN(CCOc1ccc(Br)cc1)C(=O)CSc1nnc(NCc2ccccc2)s1. The summed E-state index contributed by atoms with van der Waals surface area (Å²) in [5.74, 6) is 1.14. The maximum absolute atomic E-state index is 12.3. The van der Waals surface area contributed by atoms with Crippen LogP contribution in [-0.2, 0) is 11.3 Å². The quantitative estimate of drug-likeness (QED) is 0.419. The number of hydrogen-bond acceptors (Lipinski definition) is 7. The van der Waals surface area contributed by atoms with Crippen LogP contribution in [0.2, 0.25) is 0 Å². The minimum Gasteiger partial charge on any atom is -0.492 e. The standard InChI is InChI=1S/C20H21BrN4O2S2/c1-25(11-12-27-17-9-7-16(21)8-10-17)18(26)14-28-20-24-23-19(29-20)22-13-15-5-3-2-4-6-15/h2-10H,11-14H2,1H3,(H,22,23). The smallest absolute Gasteiger partial charge is 0.232 e. The number of carbonyl (C=O) groups is 1. The van der Waals surface area contributed by atoms with Crippen molar-refractivity contribution in [3.63, 3.8) is 0 Å². The fraction of sp³-hybridized carbons (Fsp3) is 0.250. The van der Waals surface area contributed by atoms with Crippen LogP contribution in [0.3, 0.4) is 0 Å². The summed E-state index contributed by atoms with van der Waals surface area (Å²) in [5, 5.41) is 12.3. The van der Waals surface area contributed by atoms with E-state index in [1.54, 1.807) is 11.9 Å². The number of amides is 1. The van der Waals surface area contributed by atoms with Gasteiger partial charge in [0.15, 0.2) is 4.34 Å². The van der Waals surface area contributed by atoms with Crippen LogP contribution in [0.1, 0.15) is 5.56 Å². The highest BCUT2D eigenvalue weighted by Crippen LogP contribution is 2.26. The van der Waals surface area contributed by atoms with E-state index < -0.39 is 0 Å². The first-order valence-corrected chi connectivity index (χ1v) is 11.6. The van der Waals surface area contributed by atoms with Crippen molar-refractivity contribution < 1.29 is 9.53 Å². The maximum atomic E-state index is 12.3. The summed E-state index contributed by atoms with van der Waals surface area (Å²) in [5.41, 5.74) is 1.18. The molecular formula is C20H21BrN4O2S2. The molecule has 0 saturated heterocycles. The lowest BCUT2D eigenvalue weighted by molar-refractivity contribution is -0.127. The zero-order valence-electron chi connectivity index (χ0n) is 15.9. The van der Waals surface area contributed by atoms with Crippen molar-refractivity contribution in [1.29, 1.82) is 0 Å². The van der Waals surface area contributed by atoms with Crippen molar-refractivity contribution in [1.82, 2.24) is 15.1 Å². The van der Waals surface area contributed by atoms with Gasteiger partial charge in [-0.3, -0.25) is 4.79 Å². The summed E-state index contributed by atoms with van der Waals surface area (Å²) in [6.45, 7) is 1.66. The Balaban J connectivity index is 1.36. The lowest BCUT2D eigenvalue weighted by Gasteiger charge is -2.17. The molecular weight excluding hydrogens is 472 g/mol. The number of likely N-dealkylation sites (N-methyl/N-ethyl adjacent to an activating group) is 1. The van der Waals surface area contributed by atoms with Crippen LogP contribution < -0.4 is 10.1 Å². The third-order valence-electron chi connectivity index (χ3n) is 3.95. The Morgan fingerprint density at radius 2 is 1.93 bits per heavy atom. The largest absolute Gasteiger partial charge is 0.492 e. The molecule has 0 aliphatic heterocycles. The van der Waals surface area contributed by atoms with Gasteiger partial charge in [-0.1, -0.05) is 69.4 Å². The minimum absolute atomic E-state index is 0.0309. The molecule has 1 aromatic heterocycles. The predicted molar refractivity (Wildman–Crippen MR) is 122 cm³/mol. The molecule has 3 rings (SSSR count). The molecule has 0 atom stereocenters. The number of aromatic nitrogens is 2. The monoisotopic (exact) mass is 492 g/mol. The summed E-state index contributed by atoms with van der Waals surface area (Å²) in [7, 11) is 1.78. The third-order valence-corrected chi connectivity index (χ3v) is 6.47. The number of rotatable bonds is 10. The Morgan fingerprint density at radius 3 is 2.69 bits per heavy atom. The molecule has 0 unspecified atom stereocenters. The molecule has 1 N–H and O–H groups in total. The van der Waals surface area contributed by atoms with E-state index in [9.17, 15) is 4.79 Å². The van der Waals surface area contributed by atoms with Gasteiger partial charge in [-0.2, -0.15) is 0 Å². The van der Waals surface area contributed by atoms with Gasteiger partial charge in [0, 0.05) is 18.1 Å². The highest BCUT2D eigenvalue weighted by Gasteiger charge is 2.12. The molecule has 0 fully saturated rings. The van der Waals surface area contributed by atoms with Crippen molar-refractivity contribution in [3.05, 3.63) is 64.6 Å². The Kier molecular flexibility index (Phi) is 8.33. The molecule has 9 heteroatoms. The Bertz CT molecular complexity index is 906. The normalized spacial score (nSPS) is 10.6. The average molecular weight is 493 g/mol. The summed E-state index contributed by atoms with van der Waals surface area (Å²) >= 11 is 6.24. The van der Waals surface area contributed by atoms with Crippen molar-refractivity contribution >= 4 is 50.1 Å². The van der Waals surface area contributed by atoms with Gasteiger partial charge in [0.05, 0.1) is 12.3 Å². The van der Waals surface area contributed by atoms with Crippen LogP contribution in [0.25, 0.3) is 0 Å². The van der Waals surface area contributed by atoms with Crippen molar-refractivity contribution in [2.45, 2.75) is 10.9 Å². The second-order valence-corrected chi connectivity index (χ2v) is 9.23. The summed E-state index contributed by atoms with van der Waals surface area (Å²) in [4.78, 5) is 14.0. The van der Waals surface area contributed by atoms with E-state index in [1.807, 2.05) is 42.5 Å². The highest BCUT2D eigenvalue weighted by atomic mass is 79.9. The zero-order valence-corrected chi connectivity index (χ0v) is 19.1. The number of ether oxygens (including phenoxy) is 1. The van der Waals surface area contributed by atoms with E-state index in [-0.39, 0.29) is 5.91 Å². The van der Waals surface area contributed by atoms with Gasteiger partial charge in [-0.05, 0) is 29.8 Å². The molecule has 3 aromatic rings. The summed E-state index contributed by atoms with van der Waals surface area (Å²) in [6, 6.07) is 17.7. The number of hydrogen-bond donors (Lipinski definition) is 1. The molecule has 0 aliphatic carbocycles. The lowest BCUT2D eigenvalue weighted by Crippen LogP contribution is -2.32.